The van der Waals surface area contributed by atoms with Gasteiger partial charge in [-0.3, -0.25) is 0 Å². The quantitative estimate of drug-likeness (QED) is 0.491. The second kappa shape index (κ2) is 6.30. The first-order chi connectivity index (χ1) is 8.77. The number of nitrogen functional groups attached to an aromatic ring is 1. The van der Waals surface area contributed by atoms with Crippen molar-refractivity contribution in [3.63, 3.8) is 0 Å². The molecule has 0 amide bonds. The van der Waals surface area contributed by atoms with Crippen molar-refractivity contribution >= 4 is 17.4 Å². The van der Waals surface area contributed by atoms with Crippen LogP contribution in [0.2, 0.25) is 0 Å². The molecule has 0 aliphatic heterocycles. The highest BCUT2D eigenvalue weighted by Crippen LogP contribution is 2.20. The minimum Gasteiger partial charge on any atom is -0.491 e. The number of hydrogen-bond acceptors (Lipinski definition) is 5. The Kier molecular flexibility index (Phi) is 4.46. The molecule has 0 radical (unpaired) electrons. The summed E-state index contributed by atoms with van der Waals surface area (Å²) < 4.78 is 7.37. The molecule has 1 heterocycles. The number of hydrogen-bond donors (Lipinski definition) is 1. The number of rotatable bonds is 6. The van der Waals surface area contributed by atoms with Gasteiger partial charge in [-0.05, 0) is 18.6 Å². The fraction of sp³-hybridized carbons (Fsp3) is 0.333. The monoisotopic (exact) mass is 264 g/mol. The van der Waals surface area contributed by atoms with E-state index in [1.54, 1.807) is 22.8 Å². The van der Waals surface area contributed by atoms with Gasteiger partial charge in [-0.2, -0.15) is 5.10 Å². The number of benzene rings is 1. The van der Waals surface area contributed by atoms with E-state index in [0.717, 1.165) is 23.1 Å². The molecule has 1 aromatic heterocycles. The van der Waals surface area contributed by atoms with Crippen molar-refractivity contribution in [3.8, 4) is 5.75 Å². The Balaban J connectivity index is 1.68. The number of ether oxygens (including phenoxy) is 1. The zero-order valence-corrected chi connectivity index (χ0v) is 11.1. The highest BCUT2D eigenvalue weighted by Gasteiger charge is 2.01. The molecular formula is C12H16N4OS. The molecule has 0 saturated carbocycles. The smallest absolute Gasteiger partial charge is 0.185 e. The zero-order chi connectivity index (χ0) is 12.8. The predicted octanol–water partition coefficient (Wildman–Crippen LogP) is 1.96. The summed E-state index contributed by atoms with van der Waals surface area (Å²) in [5.74, 6) is 1.69. The second-order valence-electron chi connectivity index (χ2n) is 3.75. The van der Waals surface area contributed by atoms with Crippen LogP contribution in [0, 0.1) is 0 Å². The minimum absolute atomic E-state index is 0.652. The molecule has 0 bridgehead atoms. The van der Waals surface area contributed by atoms with Gasteiger partial charge in [0.15, 0.2) is 5.16 Å². The maximum absolute atomic E-state index is 5.78. The number of para-hydroxylation sites is 2. The van der Waals surface area contributed by atoms with Crippen LogP contribution in [0.1, 0.15) is 6.42 Å². The largest absolute Gasteiger partial charge is 0.491 e. The minimum atomic E-state index is 0.652. The van der Waals surface area contributed by atoms with E-state index in [4.69, 9.17) is 10.5 Å². The number of anilines is 1. The number of aryl methyl sites for hydroxylation is 1. The molecule has 2 rings (SSSR count). The highest BCUT2D eigenvalue weighted by molar-refractivity contribution is 7.99. The van der Waals surface area contributed by atoms with Crippen molar-refractivity contribution in [1.82, 2.24) is 14.8 Å². The van der Waals surface area contributed by atoms with Crippen molar-refractivity contribution in [2.45, 2.75) is 11.6 Å². The highest BCUT2D eigenvalue weighted by atomic mass is 32.2. The lowest BCUT2D eigenvalue weighted by Gasteiger charge is -2.07. The average Bonchev–Trinajstić information content (AvgIpc) is 2.77. The van der Waals surface area contributed by atoms with E-state index in [9.17, 15) is 0 Å². The van der Waals surface area contributed by atoms with Crippen molar-refractivity contribution in [2.75, 3.05) is 18.1 Å². The molecule has 0 saturated heterocycles. The number of thioether (sulfide) groups is 1. The average molecular weight is 264 g/mol. The van der Waals surface area contributed by atoms with Crippen LogP contribution in [0.15, 0.2) is 35.7 Å². The first-order valence-electron chi connectivity index (χ1n) is 5.71. The van der Waals surface area contributed by atoms with E-state index in [1.165, 1.54) is 0 Å². The summed E-state index contributed by atoms with van der Waals surface area (Å²) in [6, 6.07) is 7.53. The molecule has 0 unspecified atom stereocenters. The number of aromatic nitrogens is 3. The molecular weight excluding hydrogens is 248 g/mol. The molecule has 2 N–H and O–H groups in total. The first kappa shape index (κ1) is 12.8. The summed E-state index contributed by atoms with van der Waals surface area (Å²) in [7, 11) is 1.89. The van der Waals surface area contributed by atoms with Gasteiger partial charge in [-0.15, -0.1) is 0 Å². The third-order valence-corrected chi connectivity index (χ3v) is 3.49. The number of nitrogens with zero attached hydrogens (tertiary/aromatic N) is 3. The lowest BCUT2D eigenvalue weighted by molar-refractivity contribution is 0.320. The normalized spacial score (nSPS) is 10.5. The molecule has 5 nitrogen and oxygen atoms in total. The van der Waals surface area contributed by atoms with Gasteiger partial charge < -0.3 is 10.5 Å². The van der Waals surface area contributed by atoms with E-state index in [2.05, 4.69) is 10.1 Å². The van der Waals surface area contributed by atoms with Crippen LogP contribution in [-0.2, 0) is 7.05 Å². The maximum atomic E-state index is 5.78. The Bertz CT molecular complexity index is 500. The molecule has 0 spiro atoms. The van der Waals surface area contributed by atoms with Crippen LogP contribution in [0.3, 0.4) is 0 Å². The van der Waals surface area contributed by atoms with Crippen LogP contribution in [-0.4, -0.2) is 27.1 Å². The Morgan fingerprint density at radius 2 is 2.22 bits per heavy atom. The summed E-state index contributed by atoms with van der Waals surface area (Å²) in [5, 5.41) is 4.94. The van der Waals surface area contributed by atoms with E-state index in [1.807, 2.05) is 31.3 Å². The van der Waals surface area contributed by atoms with Gasteiger partial charge in [0.05, 0.1) is 12.3 Å². The van der Waals surface area contributed by atoms with Crippen LogP contribution >= 0.6 is 11.8 Å². The maximum Gasteiger partial charge on any atom is 0.185 e. The Hall–Kier alpha value is -1.69. The zero-order valence-electron chi connectivity index (χ0n) is 10.2. The Labute approximate surface area is 110 Å². The molecule has 1 aromatic carbocycles. The second-order valence-corrected chi connectivity index (χ2v) is 4.82. The van der Waals surface area contributed by atoms with Gasteiger partial charge in [-0.25, -0.2) is 9.67 Å². The van der Waals surface area contributed by atoms with Crippen LogP contribution < -0.4 is 10.5 Å². The Morgan fingerprint density at radius 1 is 1.39 bits per heavy atom. The van der Waals surface area contributed by atoms with E-state index in [-0.39, 0.29) is 0 Å². The van der Waals surface area contributed by atoms with Crippen molar-refractivity contribution < 1.29 is 4.74 Å². The molecule has 0 aliphatic carbocycles. The molecule has 0 fully saturated rings. The van der Waals surface area contributed by atoms with Crippen molar-refractivity contribution in [1.29, 1.82) is 0 Å². The Morgan fingerprint density at radius 3 is 2.94 bits per heavy atom. The third kappa shape index (κ3) is 3.40. The summed E-state index contributed by atoms with van der Waals surface area (Å²) in [5.41, 5.74) is 6.46. The van der Waals surface area contributed by atoms with E-state index >= 15 is 0 Å². The fourth-order valence-corrected chi connectivity index (χ4v) is 2.23. The van der Waals surface area contributed by atoms with E-state index in [0.29, 0.717) is 12.3 Å². The van der Waals surface area contributed by atoms with Crippen LogP contribution in [0.5, 0.6) is 5.75 Å². The number of nitrogens with two attached hydrogens (primary N) is 1. The first-order valence-corrected chi connectivity index (χ1v) is 6.70. The van der Waals surface area contributed by atoms with Crippen LogP contribution in [0.25, 0.3) is 0 Å². The molecule has 6 heteroatoms. The summed E-state index contributed by atoms with van der Waals surface area (Å²) >= 11 is 1.67. The molecule has 2 aromatic rings. The lowest BCUT2D eigenvalue weighted by atomic mass is 10.3. The van der Waals surface area contributed by atoms with Gasteiger partial charge in [0.1, 0.15) is 12.1 Å². The van der Waals surface area contributed by atoms with Gasteiger partial charge in [0.25, 0.3) is 0 Å². The molecule has 0 atom stereocenters. The lowest BCUT2D eigenvalue weighted by Crippen LogP contribution is -2.02. The van der Waals surface area contributed by atoms with Gasteiger partial charge >= 0.3 is 0 Å². The summed E-state index contributed by atoms with van der Waals surface area (Å²) in [4.78, 5) is 4.14. The van der Waals surface area contributed by atoms with Gasteiger partial charge in [0.2, 0.25) is 0 Å². The molecule has 96 valence electrons. The molecule has 18 heavy (non-hydrogen) atoms. The van der Waals surface area contributed by atoms with Gasteiger partial charge in [0, 0.05) is 12.8 Å². The summed E-state index contributed by atoms with van der Waals surface area (Å²) in [6.07, 6.45) is 2.50. The molecule has 0 aliphatic rings. The predicted molar refractivity (Wildman–Crippen MR) is 72.7 cm³/mol. The SMILES string of the molecule is Cn1ncnc1SCCCOc1ccccc1N. The summed E-state index contributed by atoms with van der Waals surface area (Å²) in [6.45, 7) is 0.652. The van der Waals surface area contributed by atoms with E-state index < -0.39 is 0 Å². The van der Waals surface area contributed by atoms with Gasteiger partial charge in [-0.1, -0.05) is 23.9 Å². The standard InChI is InChI=1S/C12H16N4OS/c1-16-12(14-9-15-16)18-8-4-7-17-11-6-3-2-5-10(11)13/h2-3,5-6,9H,4,7-8,13H2,1H3. The fourth-order valence-electron chi connectivity index (χ4n) is 1.43. The van der Waals surface area contributed by atoms with Crippen molar-refractivity contribution in [2.24, 2.45) is 7.05 Å². The van der Waals surface area contributed by atoms with Crippen LogP contribution in [0.4, 0.5) is 5.69 Å². The van der Waals surface area contributed by atoms with Crippen molar-refractivity contribution in [3.05, 3.63) is 30.6 Å². The third-order valence-electron chi connectivity index (χ3n) is 2.37. The topological polar surface area (TPSA) is 66.0 Å².